The second-order valence-electron chi connectivity index (χ2n) is 6.56. The minimum absolute atomic E-state index is 0.0435. The third kappa shape index (κ3) is 4.75. The largest absolute Gasteiger partial charge is 0.497 e. The molecule has 2 amide bonds. The molecule has 1 aliphatic rings. The summed E-state index contributed by atoms with van der Waals surface area (Å²) in [5.74, 6) is 1.12. The van der Waals surface area contributed by atoms with Crippen molar-refractivity contribution in [2.24, 2.45) is 0 Å². The van der Waals surface area contributed by atoms with E-state index in [1.165, 1.54) is 0 Å². The van der Waals surface area contributed by atoms with Gasteiger partial charge in [0.05, 0.1) is 7.11 Å². The molecule has 28 heavy (non-hydrogen) atoms. The van der Waals surface area contributed by atoms with Gasteiger partial charge < -0.3 is 19.3 Å². The van der Waals surface area contributed by atoms with Gasteiger partial charge in [-0.3, -0.25) is 9.59 Å². The zero-order valence-electron chi connectivity index (χ0n) is 15.9. The fourth-order valence-corrected chi connectivity index (χ4v) is 3.28. The van der Waals surface area contributed by atoms with Crippen molar-refractivity contribution in [2.75, 3.05) is 33.3 Å². The maximum Gasteiger partial charge on any atom is 0.263 e. The molecule has 1 aliphatic heterocycles. The van der Waals surface area contributed by atoms with E-state index in [9.17, 15) is 9.59 Å². The van der Waals surface area contributed by atoms with Gasteiger partial charge in [0.2, 0.25) is 0 Å². The topological polar surface area (TPSA) is 59.1 Å². The monoisotopic (exact) mass is 402 g/mol. The van der Waals surface area contributed by atoms with Crippen LogP contribution in [0.3, 0.4) is 0 Å². The van der Waals surface area contributed by atoms with Gasteiger partial charge in [-0.15, -0.1) is 0 Å². The van der Waals surface area contributed by atoms with Gasteiger partial charge >= 0.3 is 0 Å². The van der Waals surface area contributed by atoms with Crippen LogP contribution in [0, 0.1) is 0 Å². The predicted molar refractivity (Wildman–Crippen MR) is 107 cm³/mol. The Morgan fingerprint density at radius 3 is 2.21 bits per heavy atom. The number of nitrogens with zero attached hydrogens (tertiary/aromatic N) is 2. The lowest BCUT2D eigenvalue weighted by molar-refractivity contribution is -0.139. The van der Waals surface area contributed by atoms with E-state index >= 15 is 0 Å². The highest BCUT2D eigenvalue weighted by Gasteiger charge is 2.28. The summed E-state index contributed by atoms with van der Waals surface area (Å²) in [6, 6.07) is 14.0. The summed E-state index contributed by atoms with van der Waals surface area (Å²) in [6.45, 7) is 3.65. The van der Waals surface area contributed by atoms with Gasteiger partial charge in [0.25, 0.3) is 11.8 Å². The fraction of sp³-hybridized carbons (Fsp3) is 0.333. The molecule has 148 valence electrons. The lowest BCUT2D eigenvalue weighted by atomic mass is 10.1. The first kappa shape index (κ1) is 20.0. The highest BCUT2D eigenvalue weighted by molar-refractivity contribution is 6.30. The smallest absolute Gasteiger partial charge is 0.263 e. The number of hydrogen-bond donors (Lipinski definition) is 0. The molecule has 1 fully saturated rings. The molecule has 0 aromatic heterocycles. The van der Waals surface area contributed by atoms with Gasteiger partial charge in [-0.05, 0) is 49.4 Å². The number of amides is 2. The maximum atomic E-state index is 12.7. The Labute approximate surface area is 169 Å². The maximum absolute atomic E-state index is 12.7. The van der Waals surface area contributed by atoms with Crippen LogP contribution in [0.2, 0.25) is 5.02 Å². The van der Waals surface area contributed by atoms with Crippen LogP contribution in [0.1, 0.15) is 17.3 Å². The van der Waals surface area contributed by atoms with Crippen LogP contribution in [-0.2, 0) is 4.79 Å². The fourth-order valence-electron chi connectivity index (χ4n) is 3.10. The third-order valence-corrected chi connectivity index (χ3v) is 4.91. The Morgan fingerprint density at radius 2 is 1.61 bits per heavy atom. The van der Waals surface area contributed by atoms with Crippen LogP contribution in [0.4, 0.5) is 0 Å². The zero-order valence-corrected chi connectivity index (χ0v) is 16.7. The number of carbonyl (C=O) groups is 2. The van der Waals surface area contributed by atoms with Gasteiger partial charge in [-0.25, -0.2) is 0 Å². The van der Waals surface area contributed by atoms with Crippen LogP contribution in [0.5, 0.6) is 11.5 Å². The summed E-state index contributed by atoms with van der Waals surface area (Å²) in [5.41, 5.74) is 0.609. The lowest BCUT2D eigenvalue weighted by Gasteiger charge is -2.36. The quantitative estimate of drug-likeness (QED) is 0.771. The van der Waals surface area contributed by atoms with Gasteiger partial charge in [0.15, 0.2) is 6.10 Å². The number of piperazine rings is 1. The van der Waals surface area contributed by atoms with Crippen molar-refractivity contribution in [3.8, 4) is 11.5 Å². The van der Waals surface area contributed by atoms with Crippen LogP contribution < -0.4 is 9.47 Å². The summed E-state index contributed by atoms with van der Waals surface area (Å²) in [7, 11) is 1.59. The van der Waals surface area contributed by atoms with Gasteiger partial charge in [0, 0.05) is 36.8 Å². The Hall–Kier alpha value is -2.73. The lowest BCUT2D eigenvalue weighted by Crippen LogP contribution is -2.53. The molecule has 1 unspecified atom stereocenters. The second kappa shape index (κ2) is 8.97. The summed E-state index contributed by atoms with van der Waals surface area (Å²) < 4.78 is 10.8. The molecular weight excluding hydrogens is 380 g/mol. The molecular formula is C21H23ClN2O4. The van der Waals surface area contributed by atoms with Crippen LogP contribution in [0.15, 0.2) is 48.5 Å². The van der Waals surface area contributed by atoms with E-state index in [0.717, 1.165) is 0 Å². The Bertz CT molecular complexity index is 833. The first-order valence-corrected chi connectivity index (χ1v) is 9.50. The van der Waals surface area contributed by atoms with Crippen LogP contribution in [0.25, 0.3) is 0 Å². The minimum Gasteiger partial charge on any atom is -0.497 e. The minimum atomic E-state index is -0.623. The highest BCUT2D eigenvalue weighted by atomic mass is 35.5. The van der Waals surface area contributed by atoms with E-state index < -0.39 is 6.10 Å². The van der Waals surface area contributed by atoms with Gasteiger partial charge in [0.1, 0.15) is 11.5 Å². The van der Waals surface area contributed by atoms with Crippen LogP contribution in [-0.4, -0.2) is 61.0 Å². The molecule has 3 rings (SSSR count). The normalized spacial score (nSPS) is 15.1. The van der Waals surface area contributed by atoms with Crippen molar-refractivity contribution in [1.29, 1.82) is 0 Å². The first-order chi connectivity index (χ1) is 13.5. The summed E-state index contributed by atoms with van der Waals surface area (Å²) in [4.78, 5) is 28.8. The standard InChI is InChI=1S/C21H23ClN2O4/c1-15(28-19-5-3-4-17(22)14-19)20(25)23-10-12-24(13-11-23)21(26)16-6-8-18(27-2)9-7-16/h3-9,14-15H,10-13H2,1-2H3. The number of ether oxygens (including phenoxy) is 2. The third-order valence-electron chi connectivity index (χ3n) is 4.67. The predicted octanol–water partition coefficient (Wildman–Crippen LogP) is 3.10. The number of halogens is 1. The zero-order chi connectivity index (χ0) is 20.1. The molecule has 7 heteroatoms. The second-order valence-corrected chi connectivity index (χ2v) is 7.00. The van der Waals surface area contributed by atoms with E-state index in [1.54, 1.807) is 72.4 Å². The Balaban J connectivity index is 1.53. The average molecular weight is 403 g/mol. The highest BCUT2D eigenvalue weighted by Crippen LogP contribution is 2.19. The molecule has 0 radical (unpaired) electrons. The Kier molecular flexibility index (Phi) is 6.41. The van der Waals surface area contributed by atoms with E-state index in [-0.39, 0.29) is 11.8 Å². The SMILES string of the molecule is COc1ccc(C(=O)N2CCN(C(=O)C(C)Oc3cccc(Cl)c3)CC2)cc1. The Morgan fingerprint density at radius 1 is 0.964 bits per heavy atom. The van der Waals surface area contributed by atoms with Crippen molar-refractivity contribution in [3.05, 3.63) is 59.1 Å². The number of hydrogen-bond acceptors (Lipinski definition) is 4. The van der Waals surface area contributed by atoms with Crippen molar-refractivity contribution in [2.45, 2.75) is 13.0 Å². The van der Waals surface area contributed by atoms with Crippen LogP contribution >= 0.6 is 11.6 Å². The molecule has 0 spiro atoms. The van der Waals surface area contributed by atoms with E-state index in [0.29, 0.717) is 48.3 Å². The van der Waals surface area contributed by atoms with E-state index in [2.05, 4.69) is 0 Å². The van der Waals surface area contributed by atoms with Crippen molar-refractivity contribution in [3.63, 3.8) is 0 Å². The average Bonchev–Trinajstić information content (AvgIpc) is 2.73. The van der Waals surface area contributed by atoms with Gasteiger partial charge in [-0.1, -0.05) is 17.7 Å². The van der Waals surface area contributed by atoms with Crippen molar-refractivity contribution < 1.29 is 19.1 Å². The van der Waals surface area contributed by atoms with E-state index in [1.807, 2.05) is 0 Å². The molecule has 0 aliphatic carbocycles. The molecule has 1 atom stereocenters. The number of rotatable bonds is 5. The van der Waals surface area contributed by atoms with E-state index in [4.69, 9.17) is 21.1 Å². The molecule has 0 N–H and O–H groups in total. The number of methoxy groups -OCH3 is 1. The first-order valence-electron chi connectivity index (χ1n) is 9.12. The molecule has 2 aromatic carbocycles. The number of carbonyl (C=O) groups excluding carboxylic acids is 2. The summed E-state index contributed by atoms with van der Waals surface area (Å²) in [5, 5.41) is 0.558. The summed E-state index contributed by atoms with van der Waals surface area (Å²) in [6.07, 6.45) is -0.623. The molecule has 0 bridgehead atoms. The molecule has 0 saturated carbocycles. The summed E-state index contributed by atoms with van der Waals surface area (Å²) >= 11 is 5.95. The molecule has 6 nitrogen and oxygen atoms in total. The van der Waals surface area contributed by atoms with Gasteiger partial charge in [-0.2, -0.15) is 0 Å². The van der Waals surface area contributed by atoms with Crippen molar-refractivity contribution in [1.82, 2.24) is 9.80 Å². The number of benzene rings is 2. The molecule has 2 aromatic rings. The molecule has 1 heterocycles. The molecule has 1 saturated heterocycles. The van der Waals surface area contributed by atoms with Crippen molar-refractivity contribution >= 4 is 23.4 Å².